The first-order valence-electron chi connectivity index (χ1n) is 14.3. The van der Waals surface area contributed by atoms with Crippen molar-refractivity contribution in [3.8, 4) is 0 Å². The highest BCUT2D eigenvalue weighted by atomic mass is 16.7. The summed E-state index contributed by atoms with van der Waals surface area (Å²) in [5.41, 5.74) is 11.7. The maximum Gasteiger partial charge on any atom is 0.184 e. The molecule has 1 aliphatic heterocycles. The topological polar surface area (TPSA) is 88.2 Å². The minimum absolute atomic E-state index is 0.0117. The Morgan fingerprint density at radius 2 is 1.34 bits per heavy atom. The largest absolute Gasteiger partial charge is 0.392 e. The number of benzene rings is 4. The third kappa shape index (κ3) is 6.76. The van der Waals surface area contributed by atoms with Crippen molar-refractivity contribution in [1.82, 2.24) is 4.90 Å². The molecule has 4 aromatic carbocycles. The fourth-order valence-corrected chi connectivity index (χ4v) is 5.60. The van der Waals surface area contributed by atoms with E-state index in [0.29, 0.717) is 13.1 Å². The number of ether oxygens (including phenoxy) is 2. The molecule has 214 valence electrons. The van der Waals surface area contributed by atoms with Gasteiger partial charge in [0.2, 0.25) is 0 Å². The van der Waals surface area contributed by atoms with Crippen LogP contribution in [0.3, 0.4) is 0 Å². The summed E-state index contributed by atoms with van der Waals surface area (Å²) < 4.78 is 13.6. The molecule has 4 aromatic rings. The zero-order valence-corrected chi connectivity index (χ0v) is 23.7. The number of nitrogens with two attached hydrogens (primary N) is 1. The van der Waals surface area contributed by atoms with E-state index in [1.54, 1.807) is 0 Å². The molecular formula is C35H40N2O4. The lowest BCUT2D eigenvalue weighted by Crippen LogP contribution is -2.46. The summed E-state index contributed by atoms with van der Waals surface area (Å²) in [7, 11) is 2.04. The second-order valence-electron chi connectivity index (χ2n) is 10.9. The Hall–Kier alpha value is -3.36. The van der Waals surface area contributed by atoms with E-state index in [4.69, 9.17) is 15.2 Å². The highest BCUT2D eigenvalue weighted by Crippen LogP contribution is 2.47. The average Bonchev–Trinajstić information content (AvgIpc) is 3.04. The molecule has 41 heavy (non-hydrogen) atoms. The van der Waals surface area contributed by atoms with E-state index < -0.39 is 12.4 Å². The van der Waals surface area contributed by atoms with Gasteiger partial charge in [-0.05, 0) is 41.8 Å². The van der Waals surface area contributed by atoms with Crippen molar-refractivity contribution in [1.29, 1.82) is 0 Å². The Balaban J connectivity index is 1.51. The van der Waals surface area contributed by atoms with Crippen LogP contribution in [0.15, 0.2) is 109 Å². The Labute approximate surface area is 243 Å². The van der Waals surface area contributed by atoms with E-state index in [0.717, 1.165) is 33.4 Å². The lowest BCUT2D eigenvalue weighted by Gasteiger charge is -2.45. The first kappa shape index (κ1) is 29.1. The third-order valence-corrected chi connectivity index (χ3v) is 8.22. The molecule has 6 heteroatoms. The molecule has 1 fully saturated rings. The molecule has 5 rings (SSSR count). The number of aliphatic hydroxyl groups is 2. The standard InChI is InChI=1S/C35H40N2O4/c1-24(33(39)28-11-7-4-8-12-28)37(2)22-31-32(27-9-5-3-6-10-27)34(29-17-15-26(23-38)16-18-29)41-35(40-31)30-19-13-25(21-36)14-20-30/h3-20,24,31-35,38-39H,21-23,36H2,1-2H3/t24-,31+,32+,33-,34-,35?/m0/s1. The molecular weight excluding hydrogens is 512 g/mol. The van der Waals surface area contributed by atoms with Crippen molar-refractivity contribution < 1.29 is 19.7 Å². The SMILES string of the molecule is C[C@@H]([C@H](O)c1ccccc1)N(C)C[C@H]1OC(c2ccc(CN)cc2)O[C@@H](c2ccc(CO)cc2)[C@@H]1c1ccccc1. The van der Waals surface area contributed by atoms with Gasteiger partial charge in [-0.25, -0.2) is 0 Å². The van der Waals surface area contributed by atoms with Crippen molar-refractivity contribution in [2.45, 2.75) is 56.6 Å². The van der Waals surface area contributed by atoms with Crippen LogP contribution in [-0.2, 0) is 22.6 Å². The van der Waals surface area contributed by atoms with Crippen LogP contribution in [0.5, 0.6) is 0 Å². The molecule has 0 bridgehead atoms. The first-order valence-corrected chi connectivity index (χ1v) is 14.3. The summed E-state index contributed by atoms with van der Waals surface area (Å²) in [6.07, 6.45) is -1.77. The fourth-order valence-electron chi connectivity index (χ4n) is 5.60. The lowest BCUT2D eigenvalue weighted by atomic mass is 9.83. The third-order valence-electron chi connectivity index (χ3n) is 8.22. The molecule has 0 aromatic heterocycles. The smallest absolute Gasteiger partial charge is 0.184 e. The lowest BCUT2D eigenvalue weighted by molar-refractivity contribution is -0.264. The monoisotopic (exact) mass is 552 g/mol. The molecule has 0 radical (unpaired) electrons. The highest BCUT2D eigenvalue weighted by Gasteiger charge is 2.42. The van der Waals surface area contributed by atoms with Gasteiger partial charge in [0.1, 0.15) is 0 Å². The predicted molar refractivity (Wildman–Crippen MR) is 161 cm³/mol. The molecule has 0 spiro atoms. The van der Waals surface area contributed by atoms with Crippen LogP contribution in [0.2, 0.25) is 0 Å². The van der Waals surface area contributed by atoms with Crippen LogP contribution in [0.4, 0.5) is 0 Å². The maximum atomic E-state index is 11.2. The molecule has 1 saturated heterocycles. The Morgan fingerprint density at radius 1 is 0.756 bits per heavy atom. The van der Waals surface area contributed by atoms with Gasteiger partial charge >= 0.3 is 0 Å². The second kappa shape index (κ2) is 13.5. The zero-order chi connectivity index (χ0) is 28.8. The molecule has 1 heterocycles. The maximum absolute atomic E-state index is 11.2. The summed E-state index contributed by atoms with van der Waals surface area (Å²) in [5.74, 6) is -0.112. The number of rotatable bonds is 10. The summed E-state index contributed by atoms with van der Waals surface area (Å²) in [5, 5.41) is 20.8. The quantitative estimate of drug-likeness (QED) is 0.236. The number of hydrogen-bond donors (Lipinski definition) is 3. The number of likely N-dealkylation sites (N-methyl/N-ethyl adjacent to an activating group) is 1. The van der Waals surface area contributed by atoms with Crippen molar-refractivity contribution in [2.24, 2.45) is 5.73 Å². The van der Waals surface area contributed by atoms with Crippen LogP contribution in [0.25, 0.3) is 0 Å². The highest BCUT2D eigenvalue weighted by molar-refractivity contribution is 5.32. The second-order valence-corrected chi connectivity index (χ2v) is 10.9. The molecule has 1 aliphatic rings. The van der Waals surface area contributed by atoms with Gasteiger partial charge in [-0.15, -0.1) is 0 Å². The molecule has 0 amide bonds. The van der Waals surface area contributed by atoms with E-state index in [-0.39, 0.29) is 30.8 Å². The minimum Gasteiger partial charge on any atom is -0.392 e. The number of aliphatic hydroxyl groups excluding tert-OH is 2. The van der Waals surface area contributed by atoms with Gasteiger partial charge in [-0.2, -0.15) is 0 Å². The van der Waals surface area contributed by atoms with Crippen LogP contribution < -0.4 is 5.73 Å². The summed E-state index contributed by atoms with van der Waals surface area (Å²) in [6, 6.07) is 36.0. The van der Waals surface area contributed by atoms with E-state index in [1.165, 1.54) is 0 Å². The molecule has 1 unspecified atom stereocenters. The van der Waals surface area contributed by atoms with Gasteiger partial charge in [-0.1, -0.05) is 109 Å². The predicted octanol–water partition coefficient (Wildman–Crippen LogP) is 5.63. The van der Waals surface area contributed by atoms with Crippen LogP contribution in [0.1, 0.15) is 64.7 Å². The molecule has 0 aliphatic carbocycles. The molecule has 6 nitrogen and oxygen atoms in total. The minimum atomic E-state index is -0.641. The van der Waals surface area contributed by atoms with Crippen molar-refractivity contribution in [3.63, 3.8) is 0 Å². The summed E-state index contributed by atoms with van der Waals surface area (Å²) in [6.45, 7) is 3.08. The van der Waals surface area contributed by atoms with Gasteiger partial charge in [0.15, 0.2) is 6.29 Å². The Kier molecular flexibility index (Phi) is 9.62. The summed E-state index contributed by atoms with van der Waals surface area (Å²) in [4.78, 5) is 2.17. The van der Waals surface area contributed by atoms with Crippen LogP contribution in [0, 0.1) is 0 Å². The normalized spacial score (nSPS) is 22.4. The van der Waals surface area contributed by atoms with Gasteiger partial charge in [0, 0.05) is 30.6 Å². The fraction of sp³-hybridized carbons (Fsp3) is 0.314. The molecule has 4 N–H and O–H groups in total. The molecule has 6 atom stereocenters. The Bertz CT molecular complexity index is 1350. The van der Waals surface area contributed by atoms with E-state index >= 15 is 0 Å². The molecule has 0 saturated carbocycles. The summed E-state index contributed by atoms with van der Waals surface area (Å²) >= 11 is 0. The first-order chi connectivity index (χ1) is 20.0. The van der Waals surface area contributed by atoms with E-state index in [9.17, 15) is 10.2 Å². The van der Waals surface area contributed by atoms with Gasteiger partial charge in [-0.3, -0.25) is 4.90 Å². The average molecular weight is 553 g/mol. The van der Waals surface area contributed by atoms with Gasteiger partial charge < -0.3 is 25.4 Å². The zero-order valence-electron chi connectivity index (χ0n) is 23.7. The van der Waals surface area contributed by atoms with Crippen molar-refractivity contribution in [2.75, 3.05) is 13.6 Å². The van der Waals surface area contributed by atoms with Crippen molar-refractivity contribution in [3.05, 3.63) is 143 Å². The van der Waals surface area contributed by atoms with Gasteiger partial charge in [0.25, 0.3) is 0 Å². The number of nitrogens with zero attached hydrogens (tertiary/aromatic N) is 1. The van der Waals surface area contributed by atoms with Crippen LogP contribution in [-0.4, -0.2) is 40.9 Å². The Morgan fingerprint density at radius 3 is 1.95 bits per heavy atom. The van der Waals surface area contributed by atoms with Gasteiger partial charge in [0.05, 0.1) is 24.9 Å². The van der Waals surface area contributed by atoms with Crippen molar-refractivity contribution >= 4 is 0 Å². The number of hydrogen-bond acceptors (Lipinski definition) is 6. The van der Waals surface area contributed by atoms with Crippen LogP contribution >= 0.6 is 0 Å². The van der Waals surface area contributed by atoms with E-state index in [2.05, 4.69) is 17.0 Å². The van der Waals surface area contributed by atoms with E-state index in [1.807, 2.05) is 111 Å².